The van der Waals surface area contributed by atoms with E-state index in [0.29, 0.717) is 23.7 Å². The third kappa shape index (κ3) is 3.20. The first-order valence-electron chi connectivity index (χ1n) is 5.48. The molecule has 1 aromatic carbocycles. The molecule has 17 heavy (non-hydrogen) atoms. The van der Waals surface area contributed by atoms with Crippen LogP contribution in [0.1, 0.15) is 12.8 Å². The van der Waals surface area contributed by atoms with E-state index in [1.807, 2.05) is 0 Å². The van der Waals surface area contributed by atoms with Crippen LogP contribution < -0.4 is 5.32 Å². The lowest BCUT2D eigenvalue weighted by Gasteiger charge is -2.14. The van der Waals surface area contributed by atoms with Crippen LogP contribution in [0.3, 0.4) is 0 Å². The number of carbonyl (C=O) groups excluding carboxylic acids is 2. The third-order valence-corrected chi connectivity index (χ3v) is 2.85. The third-order valence-electron chi connectivity index (χ3n) is 2.61. The molecule has 2 rings (SSSR count). The highest BCUT2D eigenvalue weighted by molar-refractivity contribution is 6.30. The van der Waals surface area contributed by atoms with Gasteiger partial charge >= 0.3 is 0 Å². The molecule has 5 heteroatoms. The summed E-state index contributed by atoms with van der Waals surface area (Å²) in [4.78, 5) is 24.6. The Balaban J connectivity index is 1.91. The van der Waals surface area contributed by atoms with Crippen LogP contribution in [0.25, 0.3) is 0 Å². The summed E-state index contributed by atoms with van der Waals surface area (Å²) in [5.74, 6) is -0.145. The normalized spacial score (nSPS) is 15.1. The summed E-state index contributed by atoms with van der Waals surface area (Å²) in [7, 11) is 0. The van der Waals surface area contributed by atoms with Gasteiger partial charge in [0, 0.05) is 23.7 Å². The quantitative estimate of drug-likeness (QED) is 0.893. The Morgan fingerprint density at radius 2 is 2.29 bits per heavy atom. The number of nitrogens with zero attached hydrogens (tertiary/aromatic N) is 1. The Hall–Kier alpha value is -1.55. The van der Waals surface area contributed by atoms with Crippen LogP contribution in [0.4, 0.5) is 5.69 Å². The van der Waals surface area contributed by atoms with Crippen LogP contribution in [0.2, 0.25) is 5.02 Å². The van der Waals surface area contributed by atoms with Gasteiger partial charge in [-0.25, -0.2) is 0 Å². The van der Waals surface area contributed by atoms with Crippen molar-refractivity contribution >= 4 is 29.1 Å². The van der Waals surface area contributed by atoms with Crippen molar-refractivity contribution in [2.75, 3.05) is 18.4 Å². The van der Waals surface area contributed by atoms with Gasteiger partial charge in [0.25, 0.3) is 0 Å². The number of hydrogen-bond donors (Lipinski definition) is 1. The minimum atomic E-state index is -0.192. The van der Waals surface area contributed by atoms with Gasteiger partial charge in [-0.2, -0.15) is 0 Å². The van der Waals surface area contributed by atoms with E-state index in [1.54, 1.807) is 29.2 Å². The van der Waals surface area contributed by atoms with E-state index < -0.39 is 0 Å². The highest BCUT2D eigenvalue weighted by Gasteiger charge is 2.22. The molecule has 90 valence electrons. The molecule has 1 saturated heterocycles. The molecule has 1 heterocycles. The predicted molar refractivity (Wildman–Crippen MR) is 65.9 cm³/mol. The molecule has 0 atom stereocenters. The molecule has 1 aliphatic heterocycles. The SMILES string of the molecule is O=C(CN1CCCC1=O)Nc1cccc(Cl)c1. The van der Waals surface area contributed by atoms with Crippen molar-refractivity contribution in [1.82, 2.24) is 4.90 Å². The standard InChI is InChI=1S/C12H13ClN2O2/c13-9-3-1-4-10(7-9)14-11(16)8-15-6-2-5-12(15)17/h1,3-4,7H,2,5-6,8H2,(H,14,16). The van der Waals surface area contributed by atoms with Crippen LogP contribution in [-0.2, 0) is 9.59 Å². The second-order valence-corrected chi connectivity index (χ2v) is 4.41. The molecule has 1 fully saturated rings. The molecule has 1 N–H and O–H groups in total. The molecule has 0 radical (unpaired) electrons. The van der Waals surface area contributed by atoms with Crippen molar-refractivity contribution in [3.05, 3.63) is 29.3 Å². The molecular formula is C12H13ClN2O2. The molecule has 2 amide bonds. The predicted octanol–water partition coefficient (Wildman–Crippen LogP) is 1.90. The highest BCUT2D eigenvalue weighted by Crippen LogP contribution is 2.15. The number of hydrogen-bond acceptors (Lipinski definition) is 2. The molecule has 0 bridgehead atoms. The number of likely N-dealkylation sites (tertiary alicyclic amines) is 1. The lowest BCUT2D eigenvalue weighted by atomic mass is 10.3. The summed E-state index contributed by atoms with van der Waals surface area (Å²) in [6.07, 6.45) is 1.38. The van der Waals surface area contributed by atoms with Crippen molar-refractivity contribution in [2.45, 2.75) is 12.8 Å². The van der Waals surface area contributed by atoms with E-state index in [4.69, 9.17) is 11.6 Å². The van der Waals surface area contributed by atoms with Crippen LogP contribution in [0.5, 0.6) is 0 Å². The Labute approximate surface area is 105 Å². The number of nitrogens with one attached hydrogen (secondary N) is 1. The zero-order chi connectivity index (χ0) is 12.3. The van der Waals surface area contributed by atoms with E-state index in [2.05, 4.69) is 5.32 Å². The number of halogens is 1. The molecule has 0 saturated carbocycles. The molecule has 1 aromatic rings. The zero-order valence-corrected chi connectivity index (χ0v) is 10.0. The maximum absolute atomic E-state index is 11.7. The second kappa shape index (κ2) is 5.19. The first-order valence-corrected chi connectivity index (χ1v) is 5.86. The van der Waals surface area contributed by atoms with Crippen molar-refractivity contribution < 1.29 is 9.59 Å². The van der Waals surface area contributed by atoms with E-state index in [1.165, 1.54) is 0 Å². The minimum Gasteiger partial charge on any atom is -0.333 e. The number of carbonyl (C=O) groups is 2. The van der Waals surface area contributed by atoms with Gasteiger partial charge in [0.1, 0.15) is 0 Å². The molecule has 0 spiro atoms. The van der Waals surface area contributed by atoms with Crippen LogP contribution >= 0.6 is 11.6 Å². The van der Waals surface area contributed by atoms with Gasteiger partial charge in [0.05, 0.1) is 6.54 Å². The Morgan fingerprint density at radius 3 is 2.94 bits per heavy atom. The fourth-order valence-electron chi connectivity index (χ4n) is 1.81. The molecule has 0 unspecified atom stereocenters. The second-order valence-electron chi connectivity index (χ2n) is 3.98. The van der Waals surface area contributed by atoms with E-state index in [9.17, 15) is 9.59 Å². The van der Waals surface area contributed by atoms with Crippen LogP contribution in [-0.4, -0.2) is 29.8 Å². The van der Waals surface area contributed by atoms with Crippen LogP contribution in [0, 0.1) is 0 Å². The van der Waals surface area contributed by atoms with Gasteiger partial charge in [-0.3, -0.25) is 9.59 Å². The molecule has 1 aliphatic rings. The Morgan fingerprint density at radius 1 is 1.47 bits per heavy atom. The Kier molecular flexibility index (Phi) is 3.64. The summed E-state index contributed by atoms with van der Waals surface area (Å²) in [6.45, 7) is 0.785. The maximum atomic E-state index is 11.7. The van der Waals surface area contributed by atoms with Crippen LogP contribution in [0.15, 0.2) is 24.3 Å². The lowest BCUT2D eigenvalue weighted by molar-refractivity contribution is -0.131. The molecular weight excluding hydrogens is 240 g/mol. The van der Waals surface area contributed by atoms with Gasteiger partial charge in [-0.1, -0.05) is 17.7 Å². The van der Waals surface area contributed by atoms with E-state index >= 15 is 0 Å². The summed E-state index contributed by atoms with van der Waals surface area (Å²) in [5, 5.41) is 3.28. The average Bonchev–Trinajstić information content (AvgIpc) is 2.64. The summed E-state index contributed by atoms with van der Waals surface area (Å²) in [6, 6.07) is 6.93. The molecule has 0 aromatic heterocycles. The van der Waals surface area contributed by atoms with Crippen molar-refractivity contribution in [3.63, 3.8) is 0 Å². The number of anilines is 1. The molecule has 4 nitrogen and oxygen atoms in total. The minimum absolute atomic E-state index is 0.0474. The zero-order valence-electron chi connectivity index (χ0n) is 9.28. The number of rotatable bonds is 3. The van der Waals surface area contributed by atoms with E-state index in [0.717, 1.165) is 6.42 Å². The monoisotopic (exact) mass is 252 g/mol. The topological polar surface area (TPSA) is 49.4 Å². The van der Waals surface area contributed by atoms with Crippen molar-refractivity contribution in [3.8, 4) is 0 Å². The first-order chi connectivity index (χ1) is 8.15. The van der Waals surface area contributed by atoms with Crippen molar-refractivity contribution in [2.24, 2.45) is 0 Å². The first kappa shape index (κ1) is 11.9. The smallest absolute Gasteiger partial charge is 0.243 e. The highest BCUT2D eigenvalue weighted by atomic mass is 35.5. The van der Waals surface area contributed by atoms with Gasteiger partial charge in [-0.05, 0) is 24.6 Å². The largest absolute Gasteiger partial charge is 0.333 e. The van der Waals surface area contributed by atoms with E-state index in [-0.39, 0.29) is 18.4 Å². The molecule has 0 aliphatic carbocycles. The fourth-order valence-corrected chi connectivity index (χ4v) is 2.00. The average molecular weight is 253 g/mol. The maximum Gasteiger partial charge on any atom is 0.243 e. The van der Waals surface area contributed by atoms with Gasteiger partial charge in [0.2, 0.25) is 11.8 Å². The van der Waals surface area contributed by atoms with Gasteiger partial charge < -0.3 is 10.2 Å². The van der Waals surface area contributed by atoms with Crippen molar-refractivity contribution in [1.29, 1.82) is 0 Å². The summed E-state index contributed by atoms with van der Waals surface area (Å²) < 4.78 is 0. The summed E-state index contributed by atoms with van der Waals surface area (Å²) >= 11 is 5.81. The van der Waals surface area contributed by atoms with Gasteiger partial charge in [0.15, 0.2) is 0 Å². The fraction of sp³-hybridized carbons (Fsp3) is 0.333. The Bertz CT molecular complexity index is 448. The summed E-state index contributed by atoms with van der Waals surface area (Å²) in [5.41, 5.74) is 0.647. The van der Waals surface area contributed by atoms with Gasteiger partial charge in [-0.15, -0.1) is 0 Å². The number of benzene rings is 1. The lowest BCUT2D eigenvalue weighted by Crippen LogP contribution is -2.33. The number of amides is 2.